The normalized spacial score (nSPS) is 19.4. The zero-order valence-corrected chi connectivity index (χ0v) is 23.8. The number of anilines is 1. The molecule has 10 nitrogen and oxygen atoms in total. The number of aromatic nitrogens is 1. The smallest absolute Gasteiger partial charge is 0.255 e. The molecule has 0 radical (unpaired) electrons. The van der Waals surface area contributed by atoms with Crippen molar-refractivity contribution >= 4 is 23.5 Å². The number of carbonyl (C=O) groups is 3. The van der Waals surface area contributed by atoms with Crippen molar-refractivity contribution in [3.8, 4) is 11.8 Å². The predicted molar refractivity (Wildman–Crippen MR) is 154 cm³/mol. The number of carbonyl (C=O) groups excluding carboxylic acids is 3. The lowest BCUT2D eigenvalue weighted by Gasteiger charge is -2.35. The minimum atomic E-state index is -0.740. The highest BCUT2D eigenvalue weighted by Gasteiger charge is 2.40. The average Bonchev–Trinajstić information content (AvgIpc) is 3.36. The van der Waals surface area contributed by atoms with Crippen LogP contribution in [0.25, 0.3) is 0 Å². The van der Waals surface area contributed by atoms with Gasteiger partial charge in [-0.15, -0.1) is 0 Å². The minimum absolute atomic E-state index is 0.0611. The van der Waals surface area contributed by atoms with Crippen molar-refractivity contribution in [1.82, 2.24) is 15.2 Å². The van der Waals surface area contributed by atoms with Gasteiger partial charge in [0, 0.05) is 48.4 Å². The Morgan fingerprint density at radius 3 is 2.59 bits per heavy atom. The monoisotopic (exact) mass is 600 g/mol. The van der Waals surface area contributed by atoms with Crippen LogP contribution in [0.3, 0.4) is 0 Å². The molecule has 0 saturated carbocycles. The van der Waals surface area contributed by atoms with Crippen LogP contribution in [0.5, 0.6) is 5.75 Å². The number of hydrogen-bond acceptors (Lipinski definition) is 8. The van der Waals surface area contributed by atoms with Crippen molar-refractivity contribution in [1.29, 1.82) is 5.26 Å². The Morgan fingerprint density at radius 1 is 1.09 bits per heavy atom. The van der Waals surface area contributed by atoms with E-state index in [1.165, 1.54) is 23.2 Å². The number of amides is 3. The van der Waals surface area contributed by atoms with E-state index >= 15 is 4.39 Å². The van der Waals surface area contributed by atoms with E-state index in [0.717, 1.165) is 0 Å². The summed E-state index contributed by atoms with van der Waals surface area (Å²) in [6.07, 6.45) is 3.11. The van der Waals surface area contributed by atoms with Gasteiger partial charge in [-0.2, -0.15) is 5.26 Å². The molecule has 1 unspecified atom stereocenters. The maximum Gasteiger partial charge on any atom is 0.255 e. The van der Waals surface area contributed by atoms with E-state index in [0.29, 0.717) is 53.9 Å². The highest BCUT2D eigenvalue weighted by atomic mass is 19.1. The molecule has 4 heterocycles. The van der Waals surface area contributed by atoms with Crippen LogP contribution in [-0.4, -0.2) is 46.7 Å². The van der Waals surface area contributed by atoms with Gasteiger partial charge in [0.15, 0.2) is 11.6 Å². The number of nitrogens with two attached hydrogens (primary N) is 1. The van der Waals surface area contributed by atoms with Crippen molar-refractivity contribution in [2.75, 3.05) is 18.0 Å². The highest BCUT2D eigenvalue weighted by Crippen LogP contribution is 2.35. The summed E-state index contributed by atoms with van der Waals surface area (Å²) in [6, 6.07) is 11.8. The summed E-state index contributed by atoms with van der Waals surface area (Å²) in [6.45, 7) is 1.15. The average molecular weight is 601 g/mol. The molecule has 2 saturated heterocycles. The molecule has 2 aromatic carbocycles. The maximum atomic E-state index is 15.2. The fourth-order valence-electron chi connectivity index (χ4n) is 6.20. The number of nitriles is 1. The van der Waals surface area contributed by atoms with Gasteiger partial charge in [-0.25, -0.2) is 13.8 Å². The first-order valence-corrected chi connectivity index (χ1v) is 14.5. The third kappa shape index (κ3) is 5.58. The third-order valence-corrected chi connectivity index (χ3v) is 8.68. The molecule has 2 atom stereocenters. The van der Waals surface area contributed by atoms with Crippen LogP contribution in [0.2, 0.25) is 0 Å². The number of fused-ring (bicyclic) bond motifs is 1. The minimum Gasteiger partial charge on any atom is -0.488 e. The molecule has 12 heteroatoms. The molecule has 6 rings (SSSR count). The highest BCUT2D eigenvalue weighted by molar-refractivity contribution is 6.05. The van der Waals surface area contributed by atoms with Crippen LogP contribution in [-0.2, 0) is 22.7 Å². The lowest BCUT2D eigenvalue weighted by atomic mass is 9.85. The van der Waals surface area contributed by atoms with Gasteiger partial charge >= 0.3 is 0 Å². The Bertz CT molecular complexity index is 1680. The van der Waals surface area contributed by atoms with E-state index in [-0.39, 0.29) is 55.1 Å². The number of piperidine rings is 2. The fourth-order valence-corrected chi connectivity index (χ4v) is 6.20. The molecule has 3 aliphatic heterocycles. The van der Waals surface area contributed by atoms with E-state index in [1.54, 1.807) is 30.3 Å². The summed E-state index contributed by atoms with van der Waals surface area (Å²) in [5.74, 6) is -1.46. The first-order chi connectivity index (χ1) is 21.2. The number of rotatable bonds is 7. The Kier molecular flexibility index (Phi) is 7.97. The summed E-state index contributed by atoms with van der Waals surface area (Å²) in [7, 11) is 0. The lowest BCUT2D eigenvalue weighted by molar-refractivity contribution is -0.136. The first kappa shape index (κ1) is 29.2. The molecule has 0 aliphatic carbocycles. The summed E-state index contributed by atoms with van der Waals surface area (Å²) in [4.78, 5) is 44.4. The van der Waals surface area contributed by atoms with Crippen LogP contribution < -0.4 is 20.7 Å². The standard InChI is InChI=1S/C32H30F2N6O4/c33-24-13-20(29(36)19-8-10-39(11-9-19)30-25(34)12-18(14-35)15-37-30)4-5-21(24)17-44-27-3-1-2-22-23(27)16-40(32(22)43)26-6-7-28(41)38-31(26)42/h1-5,12-13,15,19,26,29H,6-11,16-17,36H2,(H,38,41,42)/t26-,29?/m0/s1. The summed E-state index contributed by atoms with van der Waals surface area (Å²) in [5, 5.41) is 11.2. The largest absolute Gasteiger partial charge is 0.488 e. The maximum absolute atomic E-state index is 15.2. The van der Waals surface area contributed by atoms with Crippen LogP contribution in [0.1, 0.15) is 64.3 Å². The van der Waals surface area contributed by atoms with Crippen LogP contribution in [0.15, 0.2) is 48.7 Å². The Balaban J connectivity index is 1.08. The Labute approximate surface area is 252 Å². The van der Waals surface area contributed by atoms with E-state index in [4.69, 9.17) is 15.7 Å². The Morgan fingerprint density at radius 2 is 1.89 bits per heavy atom. The van der Waals surface area contributed by atoms with Gasteiger partial charge in [-0.1, -0.05) is 18.2 Å². The van der Waals surface area contributed by atoms with Crippen LogP contribution in [0, 0.1) is 28.9 Å². The molecule has 3 amide bonds. The predicted octanol–water partition coefficient (Wildman–Crippen LogP) is 3.49. The van der Waals surface area contributed by atoms with E-state index in [1.807, 2.05) is 11.0 Å². The molecule has 3 aromatic rings. The SMILES string of the molecule is N#Cc1cnc(N2CCC(C(N)c3ccc(COc4cccc5c4CN([C@H]4CCC(=O)NC4=O)C5=O)c(F)c3)CC2)c(F)c1. The van der Waals surface area contributed by atoms with Gasteiger partial charge in [0.1, 0.15) is 30.3 Å². The molecule has 2 fully saturated rings. The number of hydrogen-bond donors (Lipinski definition) is 2. The molecule has 1 aromatic heterocycles. The lowest BCUT2D eigenvalue weighted by Crippen LogP contribution is -2.52. The van der Waals surface area contributed by atoms with Gasteiger partial charge < -0.3 is 20.3 Å². The number of nitrogens with one attached hydrogen (secondary N) is 1. The first-order valence-electron chi connectivity index (χ1n) is 14.5. The molecule has 3 aliphatic rings. The van der Waals surface area contributed by atoms with E-state index in [2.05, 4.69) is 10.3 Å². The zero-order chi connectivity index (χ0) is 31.0. The number of halogens is 2. The summed E-state index contributed by atoms with van der Waals surface area (Å²) in [5.41, 5.74) is 8.71. The quantitative estimate of drug-likeness (QED) is 0.393. The molecule has 3 N–H and O–H groups in total. The number of imide groups is 1. The third-order valence-electron chi connectivity index (χ3n) is 8.68. The number of ether oxygens (including phenoxy) is 1. The van der Waals surface area contributed by atoms with Crippen molar-refractivity contribution < 1.29 is 27.9 Å². The van der Waals surface area contributed by atoms with Crippen molar-refractivity contribution in [3.05, 3.63) is 88.1 Å². The molecular weight excluding hydrogens is 570 g/mol. The van der Waals surface area contributed by atoms with E-state index < -0.39 is 29.6 Å². The van der Waals surface area contributed by atoms with Gasteiger partial charge in [-0.3, -0.25) is 19.7 Å². The second kappa shape index (κ2) is 12.0. The van der Waals surface area contributed by atoms with Crippen molar-refractivity contribution in [2.24, 2.45) is 11.7 Å². The molecule has 0 spiro atoms. The molecule has 44 heavy (non-hydrogen) atoms. The molecular formula is C32H30F2N6O4. The van der Waals surface area contributed by atoms with Gasteiger partial charge in [-0.05, 0) is 55.0 Å². The second-order valence-electron chi connectivity index (χ2n) is 11.3. The van der Waals surface area contributed by atoms with Crippen molar-refractivity contribution in [3.63, 3.8) is 0 Å². The summed E-state index contributed by atoms with van der Waals surface area (Å²) >= 11 is 0. The van der Waals surface area contributed by atoms with Gasteiger partial charge in [0.25, 0.3) is 5.91 Å². The number of nitrogens with zero attached hydrogens (tertiary/aromatic N) is 4. The van der Waals surface area contributed by atoms with Crippen LogP contribution >= 0.6 is 0 Å². The zero-order valence-electron chi connectivity index (χ0n) is 23.8. The van der Waals surface area contributed by atoms with Gasteiger partial charge in [0.05, 0.1) is 12.1 Å². The fraction of sp³-hybridized carbons (Fsp3) is 0.344. The van der Waals surface area contributed by atoms with Gasteiger partial charge in [0.2, 0.25) is 11.8 Å². The second-order valence-corrected chi connectivity index (χ2v) is 11.3. The number of benzene rings is 2. The topological polar surface area (TPSA) is 142 Å². The Hall–Kier alpha value is -4.89. The summed E-state index contributed by atoms with van der Waals surface area (Å²) < 4.78 is 35.6. The van der Waals surface area contributed by atoms with Crippen LogP contribution in [0.4, 0.5) is 14.6 Å². The number of pyridine rings is 1. The van der Waals surface area contributed by atoms with Crippen molar-refractivity contribution in [2.45, 2.75) is 50.9 Å². The molecule has 226 valence electrons. The molecule has 0 bridgehead atoms. The van der Waals surface area contributed by atoms with E-state index in [9.17, 15) is 18.8 Å².